The monoisotopic (exact) mass is 423 g/mol. The average molecular weight is 424 g/mol. The fourth-order valence-corrected chi connectivity index (χ4v) is 3.69. The Bertz CT molecular complexity index is 905. The van der Waals surface area contributed by atoms with Crippen molar-refractivity contribution in [1.82, 2.24) is 4.90 Å². The summed E-state index contributed by atoms with van der Waals surface area (Å²) in [6.45, 7) is 5.50. The van der Waals surface area contributed by atoms with Gasteiger partial charge in [0.1, 0.15) is 12.2 Å². The van der Waals surface area contributed by atoms with Gasteiger partial charge in [0, 0.05) is 0 Å². The Morgan fingerprint density at radius 3 is 2.19 bits per heavy atom. The van der Waals surface area contributed by atoms with Crippen LogP contribution in [0, 0.1) is 5.92 Å². The summed E-state index contributed by atoms with van der Waals surface area (Å²) in [5, 5.41) is 0. The minimum Gasteiger partial charge on any atom is -0.460 e. The molecule has 164 valence electrons. The molecule has 0 spiro atoms. The van der Waals surface area contributed by atoms with E-state index in [-0.39, 0.29) is 13.0 Å². The molecule has 0 saturated carbocycles. The van der Waals surface area contributed by atoms with Crippen molar-refractivity contribution in [1.29, 1.82) is 0 Å². The van der Waals surface area contributed by atoms with Crippen LogP contribution in [0.3, 0.4) is 0 Å². The Balaban J connectivity index is 1.80. The van der Waals surface area contributed by atoms with Gasteiger partial charge >= 0.3 is 12.1 Å². The smallest absolute Gasteiger partial charge is 0.416 e. The molecular formula is C25H29NO5. The Labute approximate surface area is 183 Å². The number of carbonyl (C=O) groups excluding carboxylic acids is 3. The molecule has 6 nitrogen and oxygen atoms in total. The lowest BCUT2D eigenvalue weighted by Gasteiger charge is -2.26. The third kappa shape index (κ3) is 6.41. The molecule has 3 rings (SSSR count). The standard InChI is InChI=1S/C25H29NO5/c1-25(2,3)31-22(27)16-20(14-18-10-6-4-7-11-18)23(28)26-21(17-30-24(26)29)15-19-12-8-5-9-13-19/h4-13,20-21H,14-17H2,1-3H3/t20?,21-/m0/s1. The summed E-state index contributed by atoms with van der Waals surface area (Å²) in [4.78, 5) is 39.6. The summed E-state index contributed by atoms with van der Waals surface area (Å²) in [6, 6.07) is 18.7. The number of nitrogens with zero attached hydrogens (tertiary/aromatic N) is 1. The second kappa shape index (κ2) is 9.77. The molecule has 1 fully saturated rings. The zero-order chi connectivity index (χ0) is 22.4. The van der Waals surface area contributed by atoms with Crippen LogP contribution in [0.1, 0.15) is 38.3 Å². The van der Waals surface area contributed by atoms with Gasteiger partial charge in [-0.2, -0.15) is 0 Å². The number of cyclic esters (lactones) is 1. The summed E-state index contributed by atoms with van der Waals surface area (Å²) in [6.07, 6.45) is 0.0735. The van der Waals surface area contributed by atoms with Crippen LogP contribution in [-0.4, -0.2) is 41.1 Å². The summed E-state index contributed by atoms with van der Waals surface area (Å²) < 4.78 is 10.6. The third-order valence-corrected chi connectivity index (χ3v) is 5.02. The van der Waals surface area contributed by atoms with Crippen LogP contribution >= 0.6 is 0 Å². The second-order valence-corrected chi connectivity index (χ2v) is 8.81. The SMILES string of the molecule is CC(C)(C)OC(=O)CC(Cc1ccccc1)C(=O)N1C(=O)OC[C@@H]1Cc1ccccc1. The van der Waals surface area contributed by atoms with E-state index in [2.05, 4.69) is 0 Å². The number of carbonyl (C=O) groups is 3. The predicted octanol–water partition coefficient (Wildman–Crippen LogP) is 4.17. The Kier molecular flexibility index (Phi) is 7.10. The van der Waals surface area contributed by atoms with Gasteiger partial charge in [0.15, 0.2) is 0 Å². The number of benzene rings is 2. The van der Waals surface area contributed by atoms with Crippen molar-refractivity contribution >= 4 is 18.0 Å². The summed E-state index contributed by atoms with van der Waals surface area (Å²) in [5.74, 6) is -1.59. The van der Waals surface area contributed by atoms with Crippen LogP contribution in [0.2, 0.25) is 0 Å². The highest BCUT2D eigenvalue weighted by Crippen LogP contribution is 2.24. The van der Waals surface area contributed by atoms with E-state index in [0.29, 0.717) is 12.8 Å². The maximum absolute atomic E-state index is 13.5. The van der Waals surface area contributed by atoms with Crippen LogP contribution in [0.5, 0.6) is 0 Å². The van der Waals surface area contributed by atoms with Crippen LogP contribution in [0.25, 0.3) is 0 Å². The fraction of sp³-hybridized carbons (Fsp3) is 0.400. The Hall–Kier alpha value is -3.15. The molecule has 1 saturated heterocycles. The molecule has 2 atom stereocenters. The van der Waals surface area contributed by atoms with Crippen LogP contribution in [-0.2, 0) is 31.9 Å². The quantitative estimate of drug-likeness (QED) is 0.625. The number of hydrogen-bond acceptors (Lipinski definition) is 5. The molecule has 6 heteroatoms. The summed E-state index contributed by atoms with van der Waals surface area (Å²) in [7, 11) is 0. The van der Waals surface area contributed by atoms with Crippen molar-refractivity contribution in [2.24, 2.45) is 5.92 Å². The maximum Gasteiger partial charge on any atom is 0.416 e. The van der Waals surface area contributed by atoms with Crippen molar-refractivity contribution in [3.8, 4) is 0 Å². The highest BCUT2D eigenvalue weighted by molar-refractivity contribution is 5.96. The average Bonchev–Trinajstić information content (AvgIpc) is 3.07. The Morgan fingerprint density at radius 1 is 1.03 bits per heavy atom. The van der Waals surface area contributed by atoms with E-state index in [9.17, 15) is 14.4 Å². The molecule has 1 aliphatic rings. The van der Waals surface area contributed by atoms with E-state index in [1.165, 1.54) is 4.90 Å². The van der Waals surface area contributed by atoms with E-state index in [1.807, 2.05) is 60.7 Å². The first-order valence-corrected chi connectivity index (χ1v) is 10.5. The van der Waals surface area contributed by atoms with Gasteiger partial charge < -0.3 is 9.47 Å². The summed E-state index contributed by atoms with van der Waals surface area (Å²) in [5.41, 5.74) is 1.27. The molecule has 1 unspecified atom stereocenters. The number of amides is 2. The van der Waals surface area contributed by atoms with Crippen molar-refractivity contribution in [2.45, 2.75) is 51.7 Å². The highest BCUT2D eigenvalue weighted by Gasteiger charge is 2.41. The molecule has 2 amide bonds. The van der Waals surface area contributed by atoms with Gasteiger partial charge in [0.2, 0.25) is 5.91 Å². The van der Waals surface area contributed by atoms with Gasteiger partial charge in [-0.05, 0) is 44.7 Å². The topological polar surface area (TPSA) is 72.9 Å². The van der Waals surface area contributed by atoms with Crippen molar-refractivity contribution in [3.05, 3.63) is 71.8 Å². The van der Waals surface area contributed by atoms with Gasteiger partial charge in [0.25, 0.3) is 0 Å². The largest absolute Gasteiger partial charge is 0.460 e. The van der Waals surface area contributed by atoms with E-state index < -0.39 is 35.5 Å². The van der Waals surface area contributed by atoms with Crippen LogP contribution in [0.4, 0.5) is 4.79 Å². The first kappa shape index (κ1) is 22.5. The van der Waals surface area contributed by atoms with Gasteiger partial charge in [0.05, 0.1) is 18.4 Å². The second-order valence-electron chi connectivity index (χ2n) is 8.81. The van der Waals surface area contributed by atoms with E-state index >= 15 is 0 Å². The minimum absolute atomic E-state index is 0.104. The summed E-state index contributed by atoms with van der Waals surface area (Å²) >= 11 is 0. The lowest BCUT2D eigenvalue weighted by molar-refractivity contribution is -0.158. The molecule has 2 aromatic carbocycles. The van der Waals surface area contributed by atoms with Gasteiger partial charge in [-0.1, -0.05) is 60.7 Å². The number of imide groups is 1. The van der Waals surface area contributed by atoms with Crippen molar-refractivity contribution in [3.63, 3.8) is 0 Å². The minimum atomic E-state index is -0.721. The highest BCUT2D eigenvalue weighted by atomic mass is 16.6. The van der Waals surface area contributed by atoms with Gasteiger partial charge in [-0.25, -0.2) is 9.69 Å². The molecule has 0 bridgehead atoms. The van der Waals surface area contributed by atoms with E-state index in [1.54, 1.807) is 20.8 Å². The number of esters is 1. The molecular weight excluding hydrogens is 394 g/mol. The number of ether oxygens (including phenoxy) is 2. The first-order chi connectivity index (χ1) is 14.7. The predicted molar refractivity (Wildman–Crippen MR) is 116 cm³/mol. The zero-order valence-electron chi connectivity index (χ0n) is 18.2. The molecule has 2 aromatic rings. The number of rotatable bonds is 7. The lowest BCUT2D eigenvalue weighted by atomic mass is 9.93. The first-order valence-electron chi connectivity index (χ1n) is 10.5. The molecule has 0 aliphatic carbocycles. The van der Waals surface area contributed by atoms with Crippen molar-refractivity contribution in [2.75, 3.05) is 6.61 Å². The third-order valence-electron chi connectivity index (χ3n) is 5.02. The van der Waals surface area contributed by atoms with Gasteiger partial charge in [-0.15, -0.1) is 0 Å². The van der Waals surface area contributed by atoms with E-state index in [0.717, 1.165) is 11.1 Å². The molecule has 31 heavy (non-hydrogen) atoms. The molecule has 1 aliphatic heterocycles. The van der Waals surface area contributed by atoms with Crippen LogP contribution in [0.15, 0.2) is 60.7 Å². The molecule has 1 heterocycles. The Morgan fingerprint density at radius 2 is 1.61 bits per heavy atom. The van der Waals surface area contributed by atoms with Crippen molar-refractivity contribution < 1.29 is 23.9 Å². The van der Waals surface area contributed by atoms with Gasteiger partial charge in [-0.3, -0.25) is 9.59 Å². The molecule has 0 radical (unpaired) electrons. The number of hydrogen-bond donors (Lipinski definition) is 0. The molecule has 0 N–H and O–H groups in total. The lowest BCUT2D eigenvalue weighted by Crippen LogP contribution is -2.45. The fourth-order valence-electron chi connectivity index (χ4n) is 3.69. The maximum atomic E-state index is 13.5. The zero-order valence-corrected chi connectivity index (χ0v) is 18.2. The van der Waals surface area contributed by atoms with E-state index in [4.69, 9.17) is 9.47 Å². The molecule has 0 aromatic heterocycles. The normalized spacial score (nSPS) is 17.2. The van der Waals surface area contributed by atoms with Crippen LogP contribution < -0.4 is 0 Å².